The minimum absolute atomic E-state index is 0.276. The number of hydrogen-bond donors (Lipinski definition) is 0. The molecule has 1 saturated heterocycles. The standard InChI is InChI=1S/C10H14IN3O/c1-8-6-14(3-2-4-15-8)10-9(11)5-12-7-13-10/h5,7-8H,2-4,6H2,1H3. The van der Waals surface area contributed by atoms with Gasteiger partial charge in [0.05, 0.1) is 9.67 Å². The Morgan fingerprint density at radius 2 is 2.47 bits per heavy atom. The molecule has 2 heterocycles. The highest BCUT2D eigenvalue weighted by Crippen LogP contribution is 2.20. The van der Waals surface area contributed by atoms with Crippen LogP contribution in [0.2, 0.25) is 0 Å². The van der Waals surface area contributed by atoms with Crippen LogP contribution in [0.1, 0.15) is 13.3 Å². The van der Waals surface area contributed by atoms with E-state index in [2.05, 4.69) is 44.4 Å². The summed E-state index contributed by atoms with van der Waals surface area (Å²) >= 11 is 2.27. The minimum Gasteiger partial charge on any atom is -0.377 e. The Kier molecular flexibility index (Phi) is 3.74. The van der Waals surface area contributed by atoms with E-state index in [1.807, 2.05) is 6.20 Å². The van der Waals surface area contributed by atoms with Crippen LogP contribution in [0.25, 0.3) is 0 Å². The third-order valence-electron chi connectivity index (χ3n) is 2.40. The molecule has 1 aromatic rings. The average Bonchev–Trinajstić information content (AvgIpc) is 2.43. The van der Waals surface area contributed by atoms with Crippen LogP contribution in [-0.4, -0.2) is 35.8 Å². The van der Waals surface area contributed by atoms with Crippen LogP contribution < -0.4 is 4.90 Å². The lowest BCUT2D eigenvalue weighted by atomic mass is 10.3. The van der Waals surface area contributed by atoms with E-state index < -0.39 is 0 Å². The van der Waals surface area contributed by atoms with E-state index in [0.29, 0.717) is 0 Å². The van der Waals surface area contributed by atoms with Crippen molar-refractivity contribution >= 4 is 28.4 Å². The van der Waals surface area contributed by atoms with Crippen LogP contribution in [0, 0.1) is 3.57 Å². The molecule has 1 aliphatic heterocycles. The summed E-state index contributed by atoms with van der Waals surface area (Å²) in [6.07, 6.45) is 4.79. The molecular weight excluding hydrogens is 305 g/mol. The first-order valence-corrected chi connectivity index (χ1v) is 6.17. The number of aromatic nitrogens is 2. The first-order valence-electron chi connectivity index (χ1n) is 5.09. The highest BCUT2D eigenvalue weighted by molar-refractivity contribution is 14.1. The summed E-state index contributed by atoms with van der Waals surface area (Å²) in [6, 6.07) is 0. The van der Waals surface area contributed by atoms with Crippen molar-refractivity contribution in [3.05, 3.63) is 16.1 Å². The molecule has 0 N–H and O–H groups in total. The van der Waals surface area contributed by atoms with E-state index in [9.17, 15) is 0 Å². The summed E-state index contributed by atoms with van der Waals surface area (Å²) in [6.45, 7) is 4.87. The van der Waals surface area contributed by atoms with Gasteiger partial charge >= 0.3 is 0 Å². The zero-order valence-corrected chi connectivity index (χ0v) is 10.8. The fourth-order valence-corrected chi connectivity index (χ4v) is 2.37. The average molecular weight is 319 g/mol. The molecule has 0 aromatic carbocycles. The molecule has 0 saturated carbocycles. The maximum Gasteiger partial charge on any atom is 0.145 e. The Bertz CT molecular complexity index is 334. The van der Waals surface area contributed by atoms with Gasteiger partial charge in [-0.3, -0.25) is 0 Å². The number of halogens is 1. The van der Waals surface area contributed by atoms with Gasteiger partial charge in [-0.15, -0.1) is 0 Å². The fourth-order valence-electron chi connectivity index (χ4n) is 1.73. The third kappa shape index (κ3) is 2.78. The van der Waals surface area contributed by atoms with Gasteiger partial charge in [-0.1, -0.05) is 0 Å². The van der Waals surface area contributed by atoms with Crippen molar-refractivity contribution in [2.75, 3.05) is 24.6 Å². The van der Waals surface area contributed by atoms with Gasteiger partial charge in [-0.05, 0) is 35.9 Å². The largest absolute Gasteiger partial charge is 0.377 e. The van der Waals surface area contributed by atoms with Crippen molar-refractivity contribution in [1.29, 1.82) is 0 Å². The van der Waals surface area contributed by atoms with Gasteiger partial charge in [-0.2, -0.15) is 0 Å². The lowest BCUT2D eigenvalue weighted by Gasteiger charge is -2.23. The number of nitrogens with zero attached hydrogens (tertiary/aromatic N) is 3. The highest BCUT2D eigenvalue weighted by atomic mass is 127. The zero-order valence-electron chi connectivity index (χ0n) is 8.69. The molecular formula is C10H14IN3O. The lowest BCUT2D eigenvalue weighted by Crippen LogP contribution is -2.31. The molecule has 4 nitrogen and oxygen atoms in total. The second-order valence-electron chi connectivity index (χ2n) is 3.68. The number of hydrogen-bond acceptors (Lipinski definition) is 4. The van der Waals surface area contributed by atoms with Gasteiger partial charge in [0.2, 0.25) is 0 Å². The van der Waals surface area contributed by atoms with Gasteiger partial charge < -0.3 is 9.64 Å². The van der Waals surface area contributed by atoms with Crippen molar-refractivity contribution in [3.63, 3.8) is 0 Å². The van der Waals surface area contributed by atoms with Crippen LogP contribution in [0.4, 0.5) is 5.82 Å². The molecule has 0 spiro atoms. The van der Waals surface area contributed by atoms with E-state index in [4.69, 9.17) is 4.74 Å². The van der Waals surface area contributed by atoms with E-state index in [1.165, 1.54) is 0 Å². The van der Waals surface area contributed by atoms with E-state index in [1.54, 1.807) is 6.33 Å². The van der Waals surface area contributed by atoms with Gasteiger partial charge in [0.15, 0.2) is 0 Å². The molecule has 1 aromatic heterocycles. The number of rotatable bonds is 1. The monoisotopic (exact) mass is 319 g/mol. The van der Waals surface area contributed by atoms with Crippen molar-refractivity contribution in [1.82, 2.24) is 9.97 Å². The molecule has 15 heavy (non-hydrogen) atoms. The molecule has 0 bridgehead atoms. The normalized spacial score (nSPS) is 22.5. The smallest absolute Gasteiger partial charge is 0.145 e. The second kappa shape index (κ2) is 5.07. The topological polar surface area (TPSA) is 38.2 Å². The quantitative estimate of drug-likeness (QED) is 0.739. The number of ether oxygens (including phenoxy) is 1. The molecule has 1 atom stereocenters. The zero-order chi connectivity index (χ0) is 10.7. The molecule has 2 rings (SSSR count). The Morgan fingerprint density at radius 1 is 1.60 bits per heavy atom. The summed E-state index contributed by atoms with van der Waals surface area (Å²) < 4.78 is 6.71. The Hall–Kier alpha value is -0.430. The van der Waals surface area contributed by atoms with Crippen molar-refractivity contribution in [3.8, 4) is 0 Å². The Labute approximate surface area is 103 Å². The maximum atomic E-state index is 5.61. The molecule has 1 unspecified atom stereocenters. The molecule has 1 aliphatic rings. The molecule has 5 heteroatoms. The van der Waals surface area contributed by atoms with Crippen LogP contribution in [0.5, 0.6) is 0 Å². The highest BCUT2D eigenvalue weighted by Gasteiger charge is 2.17. The molecule has 1 fully saturated rings. The SMILES string of the molecule is CC1CN(c2ncncc2I)CCCO1. The summed E-state index contributed by atoms with van der Waals surface area (Å²) in [7, 11) is 0. The summed E-state index contributed by atoms with van der Waals surface area (Å²) in [5.41, 5.74) is 0. The lowest BCUT2D eigenvalue weighted by molar-refractivity contribution is 0.0820. The van der Waals surface area contributed by atoms with Gasteiger partial charge in [0.1, 0.15) is 12.1 Å². The van der Waals surface area contributed by atoms with E-state index in [0.717, 1.165) is 35.5 Å². The fraction of sp³-hybridized carbons (Fsp3) is 0.600. The van der Waals surface area contributed by atoms with Gasteiger partial charge in [0, 0.05) is 25.9 Å². The van der Waals surface area contributed by atoms with Gasteiger partial charge in [-0.25, -0.2) is 9.97 Å². The minimum atomic E-state index is 0.276. The van der Waals surface area contributed by atoms with Crippen LogP contribution >= 0.6 is 22.6 Å². The van der Waals surface area contributed by atoms with E-state index in [-0.39, 0.29) is 6.10 Å². The predicted octanol–water partition coefficient (Wildman–Crippen LogP) is 1.70. The summed E-state index contributed by atoms with van der Waals surface area (Å²) in [5.74, 6) is 1.03. The Morgan fingerprint density at radius 3 is 3.27 bits per heavy atom. The van der Waals surface area contributed by atoms with Crippen molar-refractivity contribution < 1.29 is 4.74 Å². The van der Waals surface area contributed by atoms with E-state index >= 15 is 0 Å². The predicted molar refractivity (Wildman–Crippen MR) is 67.0 cm³/mol. The molecule has 0 amide bonds. The first kappa shape index (κ1) is 11.1. The van der Waals surface area contributed by atoms with Crippen LogP contribution in [0.15, 0.2) is 12.5 Å². The first-order chi connectivity index (χ1) is 7.27. The van der Waals surface area contributed by atoms with Crippen molar-refractivity contribution in [2.45, 2.75) is 19.4 Å². The Balaban J connectivity index is 2.18. The number of anilines is 1. The van der Waals surface area contributed by atoms with Crippen LogP contribution in [-0.2, 0) is 4.74 Å². The molecule has 0 radical (unpaired) electrons. The van der Waals surface area contributed by atoms with Gasteiger partial charge in [0.25, 0.3) is 0 Å². The summed E-state index contributed by atoms with van der Waals surface area (Å²) in [5, 5.41) is 0. The molecule has 0 aliphatic carbocycles. The van der Waals surface area contributed by atoms with Crippen LogP contribution in [0.3, 0.4) is 0 Å². The second-order valence-corrected chi connectivity index (χ2v) is 4.84. The van der Waals surface area contributed by atoms with Crippen molar-refractivity contribution in [2.24, 2.45) is 0 Å². The third-order valence-corrected chi connectivity index (χ3v) is 3.16. The maximum absolute atomic E-state index is 5.61. The summed E-state index contributed by atoms with van der Waals surface area (Å²) in [4.78, 5) is 10.6. The molecule has 82 valence electrons.